The number of aromatic nitrogens is 2. The highest BCUT2D eigenvalue weighted by Crippen LogP contribution is 2.21. The summed E-state index contributed by atoms with van der Waals surface area (Å²) in [5.41, 5.74) is 5.67. The third-order valence-corrected chi connectivity index (χ3v) is 4.38. The molecule has 0 radical (unpaired) electrons. The summed E-state index contributed by atoms with van der Waals surface area (Å²) in [7, 11) is -3.59. The van der Waals surface area contributed by atoms with Crippen molar-refractivity contribution < 1.29 is 8.42 Å². The van der Waals surface area contributed by atoms with Crippen molar-refractivity contribution in [2.24, 2.45) is 0 Å². The van der Waals surface area contributed by atoms with Crippen LogP contribution in [0, 0.1) is 0 Å². The van der Waals surface area contributed by atoms with Crippen LogP contribution in [0.15, 0.2) is 23.7 Å². The van der Waals surface area contributed by atoms with E-state index >= 15 is 0 Å². The summed E-state index contributed by atoms with van der Waals surface area (Å²) in [6.07, 6.45) is 3.76. The zero-order valence-corrected chi connectivity index (χ0v) is 11.7. The summed E-state index contributed by atoms with van der Waals surface area (Å²) >= 11 is 0. The first-order valence-electron chi connectivity index (χ1n) is 5.91. The fourth-order valence-electron chi connectivity index (χ4n) is 1.62. The molecule has 0 fully saturated rings. The van der Waals surface area contributed by atoms with Gasteiger partial charge in [0.05, 0.1) is 0 Å². The van der Waals surface area contributed by atoms with Crippen LogP contribution < -0.4 is 5.73 Å². The number of sulfonamides is 1. The van der Waals surface area contributed by atoms with Crippen LogP contribution in [0.1, 0.15) is 20.3 Å². The lowest BCUT2D eigenvalue weighted by atomic mass is 10.5. The molecule has 0 amide bonds. The van der Waals surface area contributed by atoms with Gasteiger partial charge in [-0.2, -0.15) is 9.40 Å². The molecular weight excluding hydrogens is 252 g/mol. The Morgan fingerprint density at radius 1 is 1.56 bits per heavy atom. The second kappa shape index (κ2) is 6.01. The second-order valence-corrected chi connectivity index (χ2v) is 5.79. The smallest absolute Gasteiger partial charge is 0.248 e. The number of hydrogen-bond acceptors (Lipinski definition) is 4. The Morgan fingerprint density at radius 2 is 2.22 bits per heavy atom. The minimum absolute atomic E-state index is 0.0435. The van der Waals surface area contributed by atoms with Gasteiger partial charge in [-0.05, 0) is 13.3 Å². The Morgan fingerprint density at radius 3 is 2.67 bits per heavy atom. The highest BCUT2D eigenvalue weighted by molar-refractivity contribution is 7.89. The molecule has 1 heterocycles. The molecule has 0 aliphatic carbocycles. The number of nitrogens with zero attached hydrogens (tertiary/aromatic N) is 3. The summed E-state index contributed by atoms with van der Waals surface area (Å²) in [5.74, 6) is 0.0435. The van der Waals surface area contributed by atoms with Crippen LogP contribution in [0.25, 0.3) is 0 Å². The zero-order valence-electron chi connectivity index (χ0n) is 10.8. The largest absolute Gasteiger partial charge is 0.381 e. The van der Waals surface area contributed by atoms with Gasteiger partial charge in [0.1, 0.15) is 4.90 Å². The first-order chi connectivity index (χ1) is 8.47. The number of aryl methyl sites for hydroxylation is 1. The molecule has 0 aliphatic heterocycles. The topological polar surface area (TPSA) is 81.2 Å². The first kappa shape index (κ1) is 14.7. The fourth-order valence-corrected chi connectivity index (χ4v) is 3.18. The monoisotopic (exact) mass is 272 g/mol. The molecule has 0 saturated heterocycles. The summed E-state index contributed by atoms with van der Waals surface area (Å²) in [4.78, 5) is 0.0691. The van der Waals surface area contributed by atoms with Crippen molar-refractivity contribution in [1.82, 2.24) is 14.1 Å². The average molecular weight is 272 g/mol. The van der Waals surface area contributed by atoms with Gasteiger partial charge < -0.3 is 5.73 Å². The molecule has 0 saturated carbocycles. The van der Waals surface area contributed by atoms with Gasteiger partial charge in [0, 0.05) is 25.8 Å². The summed E-state index contributed by atoms with van der Waals surface area (Å²) < 4.78 is 27.7. The highest BCUT2D eigenvalue weighted by atomic mass is 32.2. The van der Waals surface area contributed by atoms with Crippen LogP contribution in [0.5, 0.6) is 0 Å². The van der Waals surface area contributed by atoms with E-state index in [9.17, 15) is 8.42 Å². The average Bonchev–Trinajstić information content (AvgIpc) is 2.71. The molecule has 0 bridgehead atoms. The number of hydrogen-bond donors (Lipinski definition) is 1. The summed E-state index contributed by atoms with van der Waals surface area (Å²) in [5, 5.41) is 3.96. The Hall–Kier alpha value is -1.34. The standard InChI is InChI=1S/C11H20N4O2S/c1-4-7-15(8-5-2)18(16,17)10-9-14(6-3)13-11(10)12/h4,9H,1,5-8H2,2-3H3,(H2,12,13). The molecule has 1 aromatic rings. The quantitative estimate of drug-likeness (QED) is 0.753. The van der Waals surface area contributed by atoms with Crippen LogP contribution in [-0.2, 0) is 16.6 Å². The van der Waals surface area contributed by atoms with Crippen LogP contribution in [-0.4, -0.2) is 35.6 Å². The van der Waals surface area contributed by atoms with Crippen molar-refractivity contribution in [2.75, 3.05) is 18.8 Å². The van der Waals surface area contributed by atoms with E-state index in [1.165, 1.54) is 15.2 Å². The number of nitrogen functional groups attached to an aromatic ring is 1. The Labute approximate surface area is 108 Å². The van der Waals surface area contributed by atoms with Gasteiger partial charge in [-0.1, -0.05) is 13.0 Å². The van der Waals surface area contributed by atoms with Crippen LogP contribution in [0.3, 0.4) is 0 Å². The SMILES string of the molecule is C=CCN(CCC)S(=O)(=O)c1cn(CC)nc1N. The maximum Gasteiger partial charge on any atom is 0.248 e. The second-order valence-electron chi connectivity index (χ2n) is 3.89. The van der Waals surface area contributed by atoms with Crippen molar-refractivity contribution in [3.05, 3.63) is 18.9 Å². The van der Waals surface area contributed by atoms with Gasteiger partial charge in [-0.15, -0.1) is 6.58 Å². The predicted octanol–water partition coefficient (Wildman–Crippen LogP) is 1.07. The third kappa shape index (κ3) is 2.91. The Kier molecular flexibility index (Phi) is 4.92. The minimum atomic E-state index is -3.59. The molecule has 0 aromatic carbocycles. The van der Waals surface area contributed by atoms with Crippen LogP contribution in [0.2, 0.25) is 0 Å². The summed E-state index contributed by atoms with van der Waals surface area (Å²) in [6.45, 7) is 8.65. The van der Waals surface area contributed by atoms with Gasteiger partial charge in [-0.25, -0.2) is 8.42 Å². The van der Waals surface area contributed by atoms with Crippen molar-refractivity contribution in [2.45, 2.75) is 31.7 Å². The summed E-state index contributed by atoms with van der Waals surface area (Å²) in [6, 6.07) is 0. The minimum Gasteiger partial charge on any atom is -0.381 e. The molecule has 18 heavy (non-hydrogen) atoms. The molecule has 0 aliphatic rings. The molecule has 1 aromatic heterocycles. The lowest BCUT2D eigenvalue weighted by molar-refractivity contribution is 0.441. The van der Waals surface area contributed by atoms with E-state index in [1.807, 2.05) is 13.8 Å². The molecule has 2 N–H and O–H groups in total. The lowest BCUT2D eigenvalue weighted by Crippen LogP contribution is -2.32. The molecule has 6 nitrogen and oxygen atoms in total. The number of nitrogens with two attached hydrogens (primary N) is 1. The van der Waals surface area contributed by atoms with Gasteiger partial charge in [0.15, 0.2) is 5.82 Å². The molecular formula is C11H20N4O2S. The maximum absolute atomic E-state index is 12.4. The van der Waals surface area contributed by atoms with Gasteiger partial charge in [0.2, 0.25) is 10.0 Å². The van der Waals surface area contributed by atoms with Crippen molar-refractivity contribution in [1.29, 1.82) is 0 Å². The molecule has 7 heteroatoms. The van der Waals surface area contributed by atoms with Crippen molar-refractivity contribution in [3.8, 4) is 0 Å². The predicted molar refractivity (Wildman–Crippen MR) is 71.6 cm³/mol. The third-order valence-electron chi connectivity index (χ3n) is 2.50. The van der Waals surface area contributed by atoms with Crippen LogP contribution in [0.4, 0.5) is 5.82 Å². The lowest BCUT2D eigenvalue weighted by Gasteiger charge is -2.19. The maximum atomic E-state index is 12.4. The van der Waals surface area contributed by atoms with Crippen molar-refractivity contribution >= 4 is 15.8 Å². The Bertz CT molecular complexity index is 507. The van der Waals surface area contributed by atoms with Gasteiger partial charge in [-0.3, -0.25) is 4.68 Å². The van der Waals surface area contributed by atoms with E-state index in [-0.39, 0.29) is 17.3 Å². The van der Waals surface area contributed by atoms with E-state index in [1.54, 1.807) is 6.08 Å². The molecule has 0 atom stereocenters. The molecule has 0 unspecified atom stereocenters. The number of rotatable bonds is 7. The molecule has 102 valence electrons. The van der Waals surface area contributed by atoms with E-state index in [0.717, 1.165) is 6.42 Å². The van der Waals surface area contributed by atoms with Crippen molar-refractivity contribution in [3.63, 3.8) is 0 Å². The zero-order chi connectivity index (χ0) is 13.8. The van der Waals surface area contributed by atoms with E-state index in [4.69, 9.17) is 5.73 Å². The fraction of sp³-hybridized carbons (Fsp3) is 0.545. The van der Waals surface area contributed by atoms with E-state index < -0.39 is 10.0 Å². The van der Waals surface area contributed by atoms with Crippen LogP contribution >= 0.6 is 0 Å². The van der Waals surface area contributed by atoms with Gasteiger partial charge >= 0.3 is 0 Å². The molecule has 1 rings (SSSR count). The normalized spacial score (nSPS) is 11.9. The Balaban J connectivity index is 3.16. The highest BCUT2D eigenvalue weighted by Gasteiger charge is 2.27. The van der Waals surface area contributed by atoms with E-state index in [2.05, 4.69) is 11.7 Å². The van der Waals surface area contributed by atoms with E-state index in [0.29, 0.717) is 13.1 Å². The van der Waals surface area contributed by atoms with Gasteiger partial charge in [0.25, 0.3) is 0 Å². The first-order valence-corrected chi connectivity index (χ1v) is 7.35. The molecule has 0 spiro atoms. The number of anilines is 1.